The second-order valence-corrected chi connectivity index (χ2v) is 7.76. The summed E-state index contributed by atoms with van der Waals surface area (Å²) in [4.78, 5) is 14.1. The van der Waals surface area contributed by atoms with E-state index < -0.39 is 10.2 Å². The highest BCUT2D eigenvalue weighted by molar-refractivity contribution is 7.86. The molecule has 1 fully saturated rings. The van der Waals surface area contributed by atoms with E-state index in [1.807, 2.05) is 17.0 Å². The second kappa shape index (κ2) is 5.43. The molecule has 0 saturated carbocycles. The number of carbonyl (C=O) groups is 1. The highest BCUT2D eigenvalue weighted by Crippen LogP contribution is 2.17. The molecule has 0 spiro atoms. The Bertz CT molecular complexity index is 622. The van der Waals surface area contributed by atoms with Gasteiger partial charge in [-0.25, -0.2) is 5.14 Å². The fourth-order valence-electron chi connectivity index (χ4n) is 2.27. The van der Waals surface area contributed by atoms with Crippen molar-refractivity contribution in [2.75, 3.05) is 26.2 Å². The molecule has 1 amide bonds. The lowest BCUT2D eigenvalue weighted by Crippen LogP contribution is -2.52. The zero-order valence-electron chi connectivity index (χ0n) is 12.6. The van der Waals surface area contributed by atoms with Crippen LogP contribution in [0.1, 0.15) is 31.1 Å². The first kappa shape index (κ1) is 16.0. The maximum absolute atomic E-state index is 12.4. The third-order valence-corrected chi connectivity index (χ3v) is 4.69. The van der Waals surface area contributed by atoms with Gasteiger partial charge < -0.3 is 9.47 Å². The van der Waals surface area contributed by atoms with Gasteiger partial charge in [-0.15, -0.1) is 0 Å². The minimum absolute atomic E-state index is 0.0768. The normalized spacial score (nSPS) is 18.0. The lowest BCUT2D eigenvalue weighted by Gasteiger charge is -2.32. The molecular weight excluding hydrogens is 292 g/mol. The molecule has 8 heteroatoms. The Morgan fingerprint density at radius 1 is 1.19 bits per heavy atom. The molecule has 0 bridgehead atoms. The topological polar surface area (TPSA) is 88.6 Å². The van der Waals surface area contributed by atoms with E-state index in [2.05, 4.69) is 20.8 Å². The average Bonchev–Trinajstić information content (AvgIpc) is 2.86. The van der Waals surface area contributed by atoms with Crippen molar-refractivity contribution < 1.29 is 13.2 Å². The number of nitrogens with zero attached hydrogens (tertiary/aromatic N) is 3. The van der Waals surface area contributed by atoms with Crippen molar-refractivity contribution in [1.29, 1.82) is 0 Å². The van der Waals surface area contributed by atoms with E-state index in [4.69, 9.17) is 5.14 Å². The number of rotatable bonds is 2. The van der Waals surface area contributed by atoms with Crippen LogP contribution < -0.4 is 5.14 Å². The van der Waals surface area contributed by atoms with Gasteiger partial charge >= 0.3 is 0 Å². The van der Waals surface area contributed by atoms with Gasteiger partial charge in [-0.3, -0.25) is 4.79 Å². The van der Waals surface area contributed by atoms with E-state index in [0.29, 0.717) is 18.7 Å². The van der Waals surface area contributed by atoms with Gasteiger partial charge in [-0.1, -0.05) is 0 Å². The Morgan fingerprint density at radius 2 is 1.76 bits per heavy atom. The number of carbonyl (C=O) groups excluding carboxylic acids is 1. The highest BCUT2D eigenvalue weighted by atomic mass is 32.2. The van der Waals surface area contributed by atoms with E-state index in [1.54, 1.807) is 11.0 Å². The molecule has 0 aromatic carbocycles. The van der Waals surface area contributed by atoms with Crippen molar-refractivity contribution in [2.45, 2.75) is 26.3 Å². The molecule has 0 unspecified atom stereocenters. The summed E-state index contributed by atoms with van der Waals surface area (Å²) in [5.41, 5.74) is 0.541. The summed E-state index contributed by atoms with van der Waals surface area (Å²) in [6.45, 7) is 7.38. The lowest BCUT2D eigenvalue weighted by molar-refractivity contribution is 0.0697. The molecule has 1 aromatic rings. The Balaban J connectivity index is 2.04. The molecular formula is C13H22N4O3S. The van der Waals surface area contributed by atoms with E-state index >= 15 is 0 Å². The molecule has 2 rings (SSSR count). The first-order valence-electron chi connectivity index (χ1n) is 6.84. The number of aromatic nitrogens is 1. The van der Waals surface area contributed by atoms with Crippen molar-refractivity contribution in [3.05, 3.63) is 24.0 Å². The first-order chi connectivity index (χ1) is 9.59. The molecule has 21 heavy (non-hydrogen) atoms. The Hall–Kier alpha value is -1.38. The monoisotopic (exact) mass is 314 g/mol. The molecule has 2 heterocycles. The third kappa shape index (κ3) is 3.63. The molecule has 1 aliphatic rings. The number of amides is 1. The van der Waals surface area contributed by atoms with Gasteiger partial charge in [0.1, 0.15) is 0 Å². The van der Waals surface area contributed by atoms with Crippen molar-refractivity contribution in [2.24, 2.45) is 5.14 Å². The zero-order chi connectivity index (χ0) is 15.8. The standard InChI is InChI=1S/C13H22N4O3S/c1-13(2,3)16-5-4-11(10-16)12(18)15-6-8-17(9-7-15)21(14,19)20/h4-5,10H,6-9H2,1-3H3,(H2,14,19,20). The predicted molar refractivity (Wildman–Crippen MR) is 80.0 cm³/mol. The van der Waals surface area contributed by atoms with Crippen LogP contribution in [-0.4, -0.2) is 54.3 Å². The van der Waals surface area contributed by atoms with Crippen LogP contribution in [-0.2, 0) is 15.7 Å². The molecule has 0 radical (unpaired) electrons. The molecule has 0 aliphatic carbocycles. The molecule has 1 aromatic heterocycles. The first-order valence-corrected chi connectivity index (χ1v) is 8.35. The fourth-order valence-corrected chi connectivity index (χ4v) is 2.94. The van der Waals surface area contributed by atoms with Crippen LogP contribution in [0.3, 0.4) is 0 Å². The summed E-state index contributed by atoms with van der Waals surface area (Å²) in [6.07, 6.45) is 3.71. The molecule has 0 atom stereocenters. The smallest absolute Gasteiger partial charge is 0.277 e. The average molecular weight is 314 g/mol. The van der Waals surface area contributed by atoms with Crippen molar-refractivity contribution in [1.82, 2.24) is 13.8 Å². The second-order valence-electron chi connectivity index (χ2n) is 6.21. The number of nitrogens with two attached hydrogens (primary N) is 1. The number of piperazine rings is 1. The van der Waals surface area contributed by atoms with Gasteiger partial charge in [0, 0.05) is 44.1 Å². The quantitative estimate of drug-likeness (QED) is 0.846. The van der Waals surface area contributed by atoms with E-state index in [9.17, 15) is 13.2 Å². The van der Waals surface area contributed by atoms with E-state index in [1.165, 1.54) is 4.31 Å². The maximum Gasteiger partial charge on any atom is 0.277 e. The number of hydrogen-bond acceptors (Lipinski definition) is 3. The van der Waals surface area contributed by atoms with Crippen molar-refractivity contribution in [3.8, 4) is 0 Å². The van der Waals surface area contributed by atoms with E-state index in [0.717, 1.165) is 0 Å². The van der Waals surface area contributed by atoms with Crippen LogP contribution >= 0.6 is 0 Å². The minimum Gasteiger partial charge on any atom is -0.348 e. The van der Waals surface area contributed by atoms with Gasteiger partial charge in [-0.05, 0) is 26.8 Å². The van der Waals surface area contributed by atoms with Gasteiger partial charge in [0.15, 0.2) is 0 Å². The van der Waals surface area contributed by atoms with Crippen molar-refractivity contribution in [3.63, 3.8) is 0 Å². The Labute approximate surface area is 125 Å². The maximum atomic E-state index is 12.4. The molecule has 1 aliphatic heterocycles. The minimum atomic E-state index is -3.66. The summed E-state index contributed by atoms with van der Waals surface area (Å²) < 4.78 is 25.7. The van der Waals surface area contributed by atoms with Gasteiger partial charge in [-0.2, -0.15) is 12.7 Å². The Morgan fingerprint density at radius 3 is 2.19 bits per heavy atom. The van der Waals surface area contributed by atoms with E-state index in [-0.39, 0.29) is 24.5 Å². The van der Waals surface area contributed by atoms with Crippen LogP contribution in [0.2, 0.25) is 0 Å². The summed E-state index contributed by atoms with van der Waals surface area (Å²) in [6, 6.07) is 1.79. The highest BCUT2D eigenvalue weighted by Gasteiger charge is 2.27. The zero-order valence-corrected chi connectivity index (χ0v) is 13.4. The number of hydrogen-bond donors (Lipinski definition) is 1. The third-order valence-electron chi connectivity index (χ3n) is 3.60. The summed E-state index contributed by atoms with van der Waals surface area (Å²) in [5, 5.41) is 5.09. The van der Waals surface area contributed by atoms with Crippen LogP contribution in [0.5, 0.6) is 0 Å². The van der Waals surface area contributed by atoms with Gasteiger partial charge in [0.25, 0.3) is 16.1 Å². The fraction of sp³-hybridized carbons (Fsp3) is 0.615. The molecule has 1 saturated heterocycles. The SMILES string of the molecule is CC(C)(C)n1ccc(C(=O)N2CCN(S(N)(=O)=O)CC2)c1. The van der Waals surface area contributed by atoms with Gasteiger partial charge in [0.05, 0.1) is 5.56 Å². The van der Waals surface area contributed by atoms with Crippen molar-refractivity contribution >= 4 is 16.1 Å². The van der Waals surface area contributed by atoms with Crippen LogP contribution in [0.15, 0.2) is 18.5 Å². The summed E-state index contributed by atoms with van der Waals surface area (Å²) >= 11 is 0. The molecule has 7 nitrogen and oxygen atoms in total. The lowest BCUT2D eigenvalue weighted by atomic mass is 10.1. The molecule has 118 valence electrons. The van der Waals surface area contributed by atoms with Crippen LogP contribution in [0, 0.1) is 0 Å². The summed E-state index contributed by atoms with van der Waals surface area (Å²) in [5.74, 6) is -0.0768. The molecule has 2 N–H and O–H groups in total. The summed E-state index contributed by atoms with van der Waals surface area (Å²) in [7, 11) is -3.66. The predicted octanol–water partition coefficient (Wildman–Crippen LogP) is 0.204. The van der Waals surface area contributed by atoms with Gasteiger partial charge in [0.2, 0.25) is 0 Å². The largest absolute Gasteiger partial charge is 0.348 e. The van der Waals surface area contributed by atoms with Crippen LogP contribution in [0.4, 0.5) is 0 Å². The van der Waals surface area contributed by atoms with Crippen LogP contribution in [0.25, 0.3) is 0 Å². The Kier molecular flexibility index (Phi) is 4.14.